The average Bonchev–Trinajstić information content (AvgIpc) is 2.27. The fourth-order valence-corrected chi connectivity index (χ4v) is 1.32. The lowest BCUT2D eigenvalue weighted by molar-refractivity contribution is 0.172. The molecule has 1 rings (SSSR count). The minimum absolute atomic E-state index is 0.0595. The summed E-state index contributed by atoms with van der Waals surface area (Å²) in [5.74, 6) is 0. The van der Waals surface area contributed by atoms with Gasteiger partial charge in [0.15, 0.2) is 0 Å². The van der Waals surface area contributed by atoms with Crippen molar-refractivity contribution in [2.75, 3.05) is 13.2 Å². The standard InChI is InChI=1S/C11H18N2O/c1-3-7-13-11(2,9-14)10-6-4-5-8-12-10/h4-6,8,13-14H,3,7,9H2,1-2H3. The highest BCUT2D eigenvalue weighted by Gasteiger charge is 2.25. The molecule has 3 heteroatoms. The Kier molecular flexibility index (Phi) is 4.04. The van der Waals surface area contributed by atoms with Gasteiger partial charge in [-0.2, -0.15) is 0 Å². The summed E-state index contributed by atoms with van der Waals surface area (Å²) in [5, 5.41) is 12.7. The second-order valence-corrected chi connectivity index (χ2v) is 3.63. The molecule has 1 unspecified atom stereocenters. The molecule has 78 valence electrons. The molecule has 0 amide bonds. The molecule has 0 spiro atoms. The first-order valence-electron chi connectivity index (χ1n) is 5.00. The molecule has 3 nitrogen and oxygen atoms in total. The molecule has 0 aliphatic rings. The number of aliphatic hydroxyl groups excluding tert-OH is 1. The zero-order chi connectivity index (χ0) is 10.4. The third-order valence-electron chi connectivity index (χ3n) is 2.31. The smallest absolute Gasteiger partial charge is 0.0813 e. The largest absolute Gasteiger partial charge is 0.394 e. The fourth-order valence-electron chi connectivity index (χ4n) is 1.32. The molecular formula is C11H18N2O. The molecule has 0 radical (unpaired) electrons. The van der Waals surface area contributed by atoms with E-state index in [2.05, 4.69) is 17.2 Å². The number of nitrogens with zero attached hydrogens (tertiary/aromatic N) is 1. The van der Waals surface area contributed by atoms with E-state index in [9.17, 15) is 5.11 Å². The second kappa shape index (κ2) is 5.08. The van der Waals surface area contributed by atoms with Crippen molar-refractivity contribution in [3.05, 3.63) is 30.1 Å². The van der Waals surface area contributed by atoms with Crippen LogP contribution in [0.1, 0.15) is 26.0 Å². The molecule has 1 atom stereocenters. The Bertz CT molecular complexity index is 263. The van der Waals surface area contributed by atoms with Crippen LogP contribution in [-0.2, 0) is 5.54 Å². The summed E-state index contributed by atoms with van der Waals surface area (Å²) >= 11 is 0. The predicted octanol–water partition coefficient (Wildman–Crippen LogP) is 1.29. The summed E-state index contributed by atoms with van der Waals surface area (Å²) in [5.41, 5.74) is 0.466. The average molecular weight is 194 g/mol. The third-order valence-corrected chi connectivity index (χ3v) is 2.31. The third kappa shape index (κ3) is 2.53. The zero-order valence-corrected chi connectivity index (χ0v) is 8.83. The van der Waals surface area contributed by atoms with Crippen LogP contribution in [0.15, 0.2) is 24.4 Å². The minimum atomic E-state index is -0.419. The summed E-state index contributed by atoms with van der Waals surface area (Å²) < 4.78 is 0. The van der Waals surface area contributed by atoms with E-state index in [1.165, 1.54) is 0 Å². The number of nitrogens with one attached hydrogen (secondary N) is 1. The number of aromatic nitrogens is 1. The topological polar surface area (TPSA) is 45.1 Å². The number of hydrogen-bond donors (Lipinski definition) is 2. The van der Waals surface area contributed by atoms with Crippen molar-refractivity contribution in [1.29, 1.82) is 0 Å². The van der Waals surface area contributed by atoms with Crippen molar-refractivity contribution in [3.63, 3.8) is 0 Å². The van der Waals surface area contributed by atoms with Crippen molar-refractivity contribution in [3.8, 4) is 0 Å². The van der Waals surface area contributed by atoms with Gasteiger partial charge in [0.2, 0.25) is 0 Å². The monoisotopic (exact) mass is 194 g/mol. The van der Waals surface area contributed by atoms with Crippen molar-refractivity contribution >= 4 is 0 Å². The summed E-state index contributed by atoms with van der Waals surface area (Å²) in [4.78, 5) is 4.25. The first kappa shape index (κ1) is 11.1. The minimum Gasteiger partial charge on any atom is -0.394 e. The molecule has 0 aliphatic heterocycles. The highest BCUT2D eigenvalue weighted by Crippen LogP contribution is 2.16. The Morgan fingerprint density at radius 2 is 2.29 bits per heavy atom. The van der Waals surface area contributed by atoms with Crippen LogP contribution in [0.2, 0.25) is 0 Å². The first-order chi connectivity index (χ1) is 6.73. The highest BCUT2D eigenvalue weighted by molar-refractivity contribution is 5.14. The van der Waals surface area contributed by atoms with Gasteiger partial charge < -0.3 is 10.4 Å². The van der Waals surface area contributed by atoms with Crippen LogP contribution in [0.4, 0.5) is 0 Å². The lowest BCUT2D eigenvalue weighted by Gasteiger charge is -2.28. The van der Waals surface area contributed by atoms with E-state index < -0.39 is 5.54 Å². The number of hydrogen-bond acceptors (Lipinski definition) is 3. The molecule has 0 aromatic carbocycles. The van der Waals surface area contributed by atoms with Gasteiger partial charge in [-0.15, -0.1) is 0 Å². The van der Waals surface area contributed by atoms with Gasteiger partial charge in [-0.05, 0) is 32.0 Å². The van der Waals surface area contributed by atoms with Gasteiger partial charge in [-0.25, -0.2) is 0 Å². The van der Waals surface area contributed by atoms with E-state index in [4.69, 9.17) is 0 Å². The van der Waals surface area contributed by atoms with E-state index in [0.717, 1.165) is 18.7 Å². The van der Waals surface area contributed by atoms with Gasteiger partial charge in [0.25, 0.3) is 0 Å². The molecule has 1 heterocycles. The van der Waals surface area contributed by atoms with Gasteiger partial charge in [0.05, 0.1) is 17.8 Å². The Balaban J connectivity index is 2.79. The molecule has 0 bridgehead atoms. The summed E-state index contributed by atoms with van der Waals surface area (Å²) in [7, 11) is 0. The van der Waals surface area contributed by atoms with Crippen LogP contribution in [0.5, 0.6) is 0 Å². The Morgan fingerprint density at radius 1 is 1.50 bits per heavy atom. The van der Waals surface area contributed by atoms with Crippen LogP contribution in [0.3, 0.4) is 0 Å². The summed E-state index contributed by atoms with van der Waals surface area (Å²) in [6, 6.07) is 5.74. The maximum Gasteiger partial charge on any atom is 0.0813 e. The summed E-state index contributed by atoms with van der Waals surface area (Å²) in [6.45, 7) is 5.01. The van der Waals surface area contributed by atoms with E-state index >= 15 is 0 Å². The molecule has 0 fully saturated rings. The summed E-state index contributed by atoms with van der Waals surface area (Å²) in [6.07, 6.45) is 2.79. The number of rotatable bonds is 5. The molecule has 0 aliphatic carbocycles. The maximum atomic E-state index is 9.36. The fraction of sp³-hybridized carbons (Fsp3) is 0.545. The van der Waals surface area contributed by atoms with Crippen molar-refractivity contribution < 1.29 is 5.11 Å². The van der Waals surface area contributed by atoms with Crippen LogP contribution in [-0.4, -0.2) is 23.2 Å². The van der Waals surface area contributed by atoms with Crippen LogP contribution < -0.4 is 5.32 Å². The van der Waals surface area contributed by atoms with Crippen LogP contribution >= 0.6 is 0 Å². The van der Waals surface area contributed by atoms with Gasteiger partial charge in [-0.3, -0.25) is 4.98 Å². The highest BCUT2D eigenvalue weighted by atomic mass is 16.3. The Labute approximate surface area is 85.2 Å². The first-order valence-corrected chi connectivity index (χ1v) is 5.00. The molecular weight excluding hydrogens is 176 g/mol. The Hall–Kier alpha value is -0.930. The van der Waals surface area contributed by atoms with E-state index in [0.29, 0.717) is 0 Å². The van der Waals surface area contributed by atoms with Gasteiger partial charge in [0.1, 0.15) is 0 Å². The number of pyridine rings is 1. The molecule has 1 aromatic heterocycles. The van der Waals surface area contributed by atoms with Crippen LogP contribution in [0, 0.1) is 0 Å². The second-order valence-electron chi connectivity index (χ2n) is 3.63. The van der Waals surface area contributed by atoms with Gasteiger partial charge in [0, 0.05) is 6.20 Å². The lowest BCUT2D eigenvalue weighted by Crippen LogP contribution is -2.43. The SMILES string of the molecule is CCCNC(C)(CO)c1ccccn1. The molecule has 2 N–H and O–H groups in total. The van der Waals surface area contributed by atoms with Crippen molar-refractivity contribution in [2.24, 2.45) is 0 Å². The van der Waals surface area contributed by atoms with E-state index in [1.54, 1.807) is 6.20 Å². The molecule has 1 aromatic rings. The normalized spacial score (nSPS) is 15.1. The van der Waals surface area contributed by atoms with Crippen LogP contribution in [0.25, 0.3) is 0 Å². The quantitative estimate of drug-likeness (QED) is 0.742. The Morgan fingerprint density at radius 3 is 2.79 bits per heavy atom. The van der Waals surface area contributed by atoms with Gasteiger partial charge in [-0.1, -0.05) is 13.0 Å². The molecule has 0 saturated heterocycles. The molecule has 0 saturated carbocycles. The van der Waals surface area contributed by atoms with Crippen molar-refractivity contribution in [2.45, 2.75) is 25.8 Å². The maximum absolute atomic E-state index is 9.36. The lowest BCUT2D eigenvalue weighted by atomic mass is 9.98. The van der Waals surface area contributed by atoms with E-state index in [1.807, 2.05) is 25.1 Å². The zero-order valence-electron chi connectivity index (χ0n) is 8.83. The number of aliphatic hydroxyl groups is 1. The predicted molar refractivity (Wildman–Crippen MR) is 57.0 cm³/mol. The van der Waals surface area contributed by atoms with Crippen molar-refractivity contribution in [1.82, 2.24) is 10.3 Å². The molecule has 14 heavy (non-hydrogen) atoms. The van der Waals surface area contributed by atoms with Gasteiger partial charge >= 0.3 is 0 Å². The van der Waals surface area contributed by atoms with E-state index in [-0.39, 0.29) is 6.61 Å².